The molecule has 0 heterocycles. The van der Waals surface area contributed by atoms with E-state index in [-0.39, 0.29) is 5.57 Å². The molecule has 3 aromatic rings. The third kappa shape index (κ3) is 5.90. The quantitative estimate of drug-likeness (QED) is 0.365. The van der Waals surface area contributed by atoms with Crippen molar-refractivity contribution >= 4 is 29.0 Å². The number of amides is 1. The zero-order valence-electron chi connectivity index (χ0n) is 16.5. The smallest absolute Gasteiger partial charge is 0.267 e. The number of carbonyl (C=O) groups excluding carboxylic acids is 1. The Labute approximate surface area is 180 Å². The molecule has 150 valence electrons. The van der Waals surface area contributed by atoms with Crippen molar-refractivity contribution in [2.45, 2.75) is 16.7 Å². The first-order chi connectivity index (χ1) is 14.7. The van der Waals surface area contributed by atoms with Crippen LogP contribution in [0, 0.1) is 11.3 Å². The average Bonchev–Trinajstić information content (AvgIpc) is 2.77. The lowest BCUT2D eigenvalue weighted by atomic mass is 10.2. The van der Waals surface area contributed by atoms with E-state index >= 15 is 0 Å². The van der Waals surface area contributed by atoms with Gasteiger partial charge < -0.3 is 15.4 Å². The molecule has 0 unspecified atom stereocenters. The predicted octanol–water partition coefficient (Wildman–Crippen LogP) is 5.69. The molecule has 6 heteroatoms. The lowest BCUT2D eigenvalue weighted by Gasteiger charge is -2.10. The average molecular weight is 416 g/mol. The largest absolute Gasteiger partial charge is 0.494 e. The van der Waals surface area contributed by atoms with Gasteiger partial charge in [0.25, 0.3) is 5.91 Å². The van der Waals surface area contributed by atoms with Crippen LogP contribution < -0.4 is 15.4 Å². The zero-order valence-corrected chi connectivity index (χ0v) is 17.3. The Kier molecular flexibility index (Phi) is 7.53. The van der Waals surface area contributed by atoms with Crippen LogP contribution in [0.2, 0.25) is 0 Å². The van der Waals surface area contributed by atoms with E-state index < -0.39 is 5.91 Å². The Morgan fingerprint density at radius 3 is 2.43 bits per heavy atom. The third-order valence-corrected chi connectivity index (χ3v) is 5.10. The fraction of sp³-hybridized carbons (Fsp3) is 0.0833. The second-order valence-corrected chi connectivity index (χ2v) is 7.25. The van der Waals surface area contributed by atoms with E-state index in [0.717, 1.165) is 21.2 Å². The Bertz CT molecular complexity index is 1060. The monoisotopic (exact) mass is 415 g/mol. The summed E-state index contributed by atoms with van der Waals surface area (Å²) in [5, 5.41) is 15.2. The molecule has 3 aromatic carbocycles. The molecule has 0 saturated carbocycles. The normalized spacial score (nSPS) is 10.7. The maximum Gasteiger partial charge on any atom is 0.267 e. The lowest BCUT2D eigenvalue weighted by molar-refractivity contribution is -0.112. The van der Waals surface area contributed by atoms with E-state index in [2.05, 4.69) is 10.6 Å². The van der Waals surface area contributed by atoms with Gasteiger partial charge in [0.2, 0.25) is 0 Å². The van der Waals surface area contributed by atoms with E-state index in [1.807, 2.05) is 91.9 Å². The van der Waals surface area contributed by atoms with Crippen LogP contribution in [0.4, 0.5) is 11.4 Å². The first-order valence-electron chi connectivity index (χ1n) is 9.42. The Hall–Kier alpha value is -3.69. The van der Waals surface area contributed by atoms with Crippen molar-refractivity contribution in [3.8, 4) is 11.8 Å². The van der Waals surface area contributed by atoms with Gasteiger partial charge in [-0.2, -0.15) is 5.26 Å². The molecule has 0 spiro atoms. The number of hydrogen-bond acceptors (Lipinski definition) is 5. The summed E-state index contributed by atoms with van der Waals surface area (Å²) < 4.78 is 5.40. The molecule has 5 nitrogen and oxygen atoms in total. The molecule has 0 fully saturated rings. The van der Waals surface area contributed by atoms with Crippen LogP contribution in [-0.2, 0) is 4.79 Å². The van der Waals surface area contributed by atoms with Gasteiger partial charge in [-0.1, -0.05) is 42.1 Å². The third-order valence-electron chi connectivity index (χ3n) is 4.02. The fourth-order valence-corrected chi connectivity index (χ4v) is 3.50. The number of para-hydroxylation sites is 1. The number of ether oxygens (including phenoxy) is 1. The topological polar surface area (TPSA) is 74.1 Å². The highest BCUT2D eigenvalue weighted by Gasteiger charge is 2.12. The molecule has 30 heavy (non-hydrogen) atoms. The van der Waals surface area contributed by atoms with Crippen molar-refractivity contribution < 1.29 is 9.53 Å². The van der Waals surface area contributed by atoms with Crippen molar-refractivity contribution in [1.29, 1.82) is 5.26 Å². The van der Waals surface area contributed by atoms with E-state index in [4.69, 9.17) is 4.74 Å². The molecule has 0 aliphatic heterocycles. The van der Waals surface area contributed by atoms with Gasteiger partial charge in [0.1, 0.15) is 17.4 Å². The second kappa shape index (κ2) is 10.7. The van der Waals surface area contributed by atoms with Crippen LogP contribution in [-0.4, -0.2) is 12.5 Å². The summed E-state index contributed by atoms with van der Waals surface area (Å²) in [7, 11) is 0. The maximum absolute atomic E-state index is 12.6. The molecule has 3 rings (SSSR count). The molecule has 0 aliphatic carbocycles. The fourth-order valence-electron chi connectivity index (χ4n) is 2.58. The number of carbonyl (C=O) groups is 1. The number of hydrogen-bond donors (Lipinski definition) is 2. The zero-order chi connectivity index (χ0) is 21.2. The molecular weight excluding hydrogens is 394 g/mol. The van der Waals surface area contributed by atoms with E-state index in [0.29, 0.717) is 12.3 Å². The van der Waals surface area contributed by atoms with Crippen molar-refractivity contribution in [2.24, 2.45) is 0 Å². The van der Waals surface area contributed by atoms with Crippen LogP contribution >= 0.6 is 11.8 Å². The second-order valence-electron chi connectivity index (χ2n) is 6.14. The van der Waals surface area contributed by atoms with E-state index in [1.165, 1.54) is 6.20 Å². The number of nitrogens with zero attached hydrogens (tertiary/aromatic N) is 1. The number of nitrogens with one attached hydrogen (secondary N) is 2. The summed E-state index contributed by atoms with van der Waals surface area (Å²) in [6.45, 7) is 2.51. The van der Waals surface area contributed by atoms with Gasteiger partial charge in [-0.25, -0.2) is 0 Å². The molecule has 2 N–H and O–H groups in total. The molecular formula is C24H21N3O2S. The van der Waals surface area contributed by atoms with Gasteiger partial charge in [0, 0.05) is 21.7 Å². The molecule has 0 saturated heterocycles. The minimum Gasteiger partial charge on any atom is -0.494 e. The standard InChI is InChI=1S/C24H21N3O2S/c1-2-29-20-14-12-19(13-15-20)26-17-18(16-25)24(28)27-22-10-6-7-11-23(22)30-21-8-4-3-5-9-21/h3-15,17,26H,2H2,1H3,(H,27,28)/b18-17-. The Morgan fingerprint density at radius 1 is 1.03 bits per heavy atom. The van der Waals surface area contributed by atoms with Crippen molar-refractivity contribution in [3.05, 3.63) is 90.6 Å². The minimum absolute atomic E-state index is 0.0246. The highest BCUT2D eigenvalue weighted by Crippen LogP contribution is 2.33. The van der Waals surface area contributed by atoms with Crippen molar-refractivity contribution in [2.75, 3.05) is 17.2 Å². The maximum atomic E-state index is 12.6. The number of anilines is 2. The van der Waals surface area contributed by atoms with Gasteiger partial charge in [-0.15, -0.1) is 0 Å². The van der Waals surface area contributed by atoms with E-state index in [1.54, 1.807) is 11.8 Å². The molecule has 0 aromatic heterocycles. The molecule has 0 aliphatic rings. The summed E-state index contributed by atoms with van der Waals surface area (Å²) in [5.74, 6) is 0.287. The molecule has 1 amide bonds. The molecule has 0 radical (unpaired) electrons. The van der Waals surface area contributed by atoms with E-state index in [9.17, 15) is 10.1 Å². The highest BCUT2D eigenvalue weighted by molar-refractivity contribution is 7.99. The highest BCUT2D eigenvalue weighted by atomic mass is 32.2. The van der Waals surface area contributed by atoms with Gasteiger partial charge in [0.05, 0.1) is 12.3 Å². The lowest BCUT2D eigenvalue weighted by Crippen LogP contribution is -2.15. The van der Waals surface area contributed by atoms with Crippen molar-refractivity contribution in [1.82, 2.24) is 0 Å². The Morgan fingerprint density at radius 2 is 1.73 bits per heavy atom. The number of rotatable bonds is 8. The van der Waals surface area contributed by atoms with Gasteiger partial charge in [0.15, 0.2) is 0 Å². The summed E-state index contributed by atoms with van der Waals surface area (Å²) in [4.78, 5) is 14.6. The number of benzene rings is 3. The van der Waals surface area contributed by atoms with Gasteiger partial charge >= 0.3 is 0 Å². The van der Waals surface area contributed by atoms with Crippen LogP contribution in [0.15, 0.2) is 100 Å². The van der Waals surface area contributed by atoms with Gasteiger partial charge in [-0.3, -0.25) is 4.79 Å². The first kappa shape index (κ1) is 21.0. The van der Waals surface area contributed by atoms with Gasteiger partial charge in [-0.05, 0) is 55.5 Å². The first-order valence-corrected chi connectivity index (χ1v) is 10.2. The van der Waals surface area contributed by atoms with Crippen LogP contribution in [0.5, 0.6) is 5.75 Å². The Balaban J connectivity index is 1.69. The molecule has 0 atom stereocenters. The van der Waals surface area contributed by atoms with Crippen LogP contribution in [0.1, 0.15) is 6.92 Å². The number of nitriles is 1. The predicted molar refractivity (Wildman–Crippen MR) is 121 cm³/mol. The minimum atomic E-state index is -0.475. The van der Waals surface area contributed by atoms with Crippen LogP contribution in [0.3, 0.4) is 0 Å². The summed E-state index contributed by atoms with van der Waals surface area (Å²) in [6.07, 6.45) is 1.40. The SMILES string of the molecule is CCOc1ccc(N/C=C(/C#N)C(=O)Nc2ccccc2Sc2ccccc2)cc1. The summed E-state index contributed by atoms with van der Waals surface area (Å²) in [6, 6.07) is 26.6. The van der Waals surface area contributed by atoms with Crippen LogP contribution in [0.25, 0.3) is 0 Å². The summed E-state index contributed by atoms with van der Waals surface area (Å²) in [5.41, 5.74) is 1.38. The summed E-state index contributed by atoms with van der Waals surface area (Å²) >= 11 is 1.55. The van der Waals surface area contributed by atoms with Crippen molar-refractivity contribution in [3.63, 3.8) is 0 Å². The molecule has 0 bridgehead atoms.